The summed E-state index contributed by atoms with van der Waals surface area (Å²) in [6.07, 6.45) is 4.90. The van der Waals surface area contributed by atoms with E-state index in [0.29, 0.717) is 4.90 Å². The first-order valence-corrected chi connectivity index (χ1v) is 9.00. The van der Waals surface area contributed by atoms with Gasteiger partial charge in [-0.25, -0.2) is 8.42 Å². The van der Waals surface area contributed by atoms with Crippen molar-refractivity contribution in [1.29, 1.82) is 0 Å². The lowest BCUT2D eigenvalue weighted by atomic mass is 9.99. The van der Waals surface area contributed by atoms with Crippen molar-refractivity contribution in [2.24, 2.45) is 0 Å². The first-order chi connectivity index (χ1) is 10.1. The molecule has 2 aliphatic heterocycles. The molecule has 4 nitrogen and oxygen atoms in total. The van der Waals surface area contributed by atoms with Crippen LogP contribution in [0.15, 0.2) is 23.1 Å². The van der Waals surface area contributed by atoms with Crippen molar-refractivity contribution in [2.45, 2.75) is 43.2 Å². The predicted molar refractivity (Wildman–Crippen MR) is 84.3 cm³/mol. The lowest BCUT2D eigenvalue weighted by Gasteiger charge is -2.30. The molecule has 0 radical (unpaired) electrons. The summed E-state index contributed by atoms with van der Waals surface area (Å²) >= 11 is 0. The van der Waals surface area contributed by atoms with E-state index < -0.39 is 10.7 Å². The minimum atomic E-state index is -2.47. The molecule has 0 saturated carbocycles. The Kier molecular flexibility index (Phi) is 4.62. The van der Waals surface area contributed by atoms with Gasteiger partial charge in [0, 0.05) is 19.1 Å². The monoisotopic (exact) mass is 308 g/mol. The molecule has 0 aliphatic carbocycles. The van der Waals surface area contributed by atoms with Crippen LogP contribution >= 0.6 is 0 Å². The SMILES string of the molecule is CN1CCC[C@H]1CCN1CCc2ccc([SH](=O)=O)cc2C1. The summed E-state index contributed by atoms with van der Waals surface area (Å²) in [5, 5.41) is 0. The van der Waals surface area contributed by atoms with Gasteiger partial charge in [-0.2, -0.15) is 0 Å². The third-order valence-corrected chi connectivity index (χ3v) is 5.64. The fourth-order valence-electron chi connectivity index (χ4n) is 3.58. The zero-order valence-corrected chi connectivity index (χ0v) is 13.5. The average Bonchev–Trinajstić information content (AvgIpc) is 2.89. The molecule has 0 spiro atoms. The number of hydrogen-bond acceptors (Lipinski definition) is 4. The van der Waals surface area contributed by atoms with Gasteiger partial charge in [-0.1, -0.05) is 6.07 Å². The minimum absolute atomic E-state index is 0.445. The van der Waals surface area contributed by atoms with Gasteiger partial charge in [0.2, 0.25) is 0 Å². The standard InChI is InChI=1S/C16H24N2O2S/c1-17-8-2-3-15(17)7-10-18-9-6-13-4-5-16(21(19)20)11-14(13)12-18/h4-5,11,15,21H,2-3,6-10,12H2,1H3/t15-/m0/s1. The fourth-order valence-corrected chi connectivity index (χ4v) is 4.04. The van der Waals surface area contributed by atoms with E-state index in [-0.39, 0.29) is 0 Å². The van der Waals surface area contributed by atoms with Crippen LogP contribution in [0.3, 0.4) is 0 Å². The van der Waals surface area contributed by atoms with E-state index in [1.54, 1.807) is 6.07 Å². The highest BCUT2D eigenvalue weighted by atomic mass is 32.2. The smallest absolute Gasteiger partial charge is 0.168 e. The van der Waals surface area contributed by atoms with Crippen LogP contribution in [0.2, 0.25) is 0 Å². The van der Waals surface area contributed by atoms with Gasteiger partial charge in [0.05, 0.1) is 4.90 Å². The summed E-state index contributed by atoms with van der Waals surface area (Å²) < 4.78 is 22.2. The Morgan fingerprint density at radius 2 is 2.10 bits per heavy atom. The topological polar surface area (TPSA) is 40.6 Å². The Bertz CT molecular complexity index is 578. The van der Waals surface area contributed by atoms with Gasteiger partial charge in [0.25, 0.3) is 0 Å². The summed E-state index contributed by atoms with van der Waals surface area (Å²) in [6.45, 7) is 4.32. The zero-order chi connectivity index (χ0) is 14.8. The Morgan fingerprint density at radius 3 is 2.81 bits per heavy atom. The van der Waals surface area contributed by atoms with Crippen LogP contribution in [0.1, 0.15) is 30.4 Å². The molecular weight excluding hydrogens is 284 g/mol. The summed E-state index contributed by atoms with van der Waals surface area (Å²) in [4.78, 5) is 5.38. The molecule has 116 valence electrons. The highest BCUT2D eigenvalue weighted by molar-refractivity contribution is 7.72. The van der Waals surface area contributed by atoms with Crippen molar-refractivity contribution < 1.29 is 8.42 Å². The molecular formula is C16H24N2O2S. The molecule has 1 aromatic rings. The molecule has 1 saturated heterocycles. The molecule has 5 heteroatoms. The predicted octanol–water partition coefficient (Wildman–Crippen LogP) is 1.50. The second-order valence-corrected chi connectivity index (χ2v) is 7.33. The van der Waals surface area contributed by atoms with E-state index in [9.17, 15) is 8.42 Å². The Hall–Kier alpha value is -0.910. The van der Waals surface area contributed by atoms with Crippen LogP contribution in [-0.4, -0.2) is 50.9 Å². The number of thiol groups is 1. The maximum absolute atomic E-state index is 11.1. The maximum Gasteiger partial charge on any atom is 0.168 e. The molecule has 0 bridgehead atoms. The number of rotatable bonds is 4. The normalized spacial score (nSPS) is 23.6. The lowest BCUT2D eigenvalue weighted by molar-refractivity contribution is 0.211. The van der Waals surface area contributed by atoms with Gasteiger partial charge in [-0.3, -0.25) is 4.90 Å². The second kappa shape index (κ2) is 6.46. The first kappa shape index (κ1) is 15.0. The van der Waals surface area contributed by atoms with Crippen LogP contribution in [0.25, 0.3) is 0 Å². The molecule has 2 aliphatic rings. The van der Waals surface area contributed by atoms with E-state index in [0.717, 1.165) is 32.1 Å². The first-order valence-electron chi connectivity index (χ1n) is 7.82. The number of likely N-dealkylation sites (tertiary alicyclic amines) is 1. The van der Waals surface area contributed by atoms with Crippen molar-refractivity contribution >= 4 is 10.7 Å². The molecule has 0 unspecified atom stereocenters. The highest BCUT2D eigenvalue weighted by Gasteiger charge is 2.23. The second-order valence-electron chi connectivity index (χ2n) is 6.30. The van der Waals surface area contributed by atoms with E-state index in [2.05, 4.69) is 16.8 Å². The quantitative estimate of drug-likeness (QED) is 0.856. The Morgan fingerprint density at radius 1 is 1.24 bits per heavy atom. The summed E-state index contributed by atoms with van der Waals surface area (Å²) in [7, 11) is -0.249. The maximum atomic E-state index is 11.1. The minimum Gasteiger partial charge on any atom is -0.303 e. The van der Waals surface area contributed by atoms with E-state index in [1.165, 1.54) is 36.9 Å². The lowest BCUT2D eigenvalue weighted by Crippen LogP contribution is -2.35. The molecule has 0 N–H and O–H groups in total. The average molecular weight is 308 g/mol. The molecule has 1 fully saturated rings. The number of fused-ring (bicyclic) bond motifs is 1. The number of benzene rings is 1. The molecule has 2 heterocycles. The summed E-state index contributed by atoms with van der Waals surface area (Å²) in [5.74, 6) is 0. The van der Waals surface area contributed by atoms with Crippen molar-refractivity contribution in [3.63, 3.8) is 0 Å². The molecule has 0 aromatic heterocycles. The van der Waals surface area contributed by atoms with E-state index >= 15 is 0 Å². The van der Waals surface area contributed by atoms with Crippen LogP contribution in [0, 0.1) is 0 Å². The fraction of sp³-hybridized carbons (Fsp3) is 0.625. The number of nitrogens with zero attached hydrogens (tertiary/aromatic N) is 2. The van der Waals surface area contributed by atoms with Gasteiger partial charge in [0.1, 0.15) is 0 Å². The van der Waals surface area contributed by atoms with Gasteiger partial charge in [0.15, 0.2) is 10.7 Å². The summed E-state index contributed by atoms with van der Waals surface area (Å²) in [5.41, 5.74) is 2.50. The molecule has 1 atom stereocenters. The van der Waals surface area contributed by atoms with Gasteiger partial charge in [-0.15, -0.1) is 0 Å². The zero-order valence-electron chi connectivity index (χ0n) is 12.6. The van der Waals surface area contributed by atoms with Crippen LogP contribution in [-0.2, 0) is 23.7 Å². The van der Waals surface area contributed by atoms with Crippen LogP contribution in [0.4, 0.5) is 0 Å². The van der Waals surface area contributed by atoms with Gasteiger partial charge >= 0.3 is 0 Å². The van der Waals surface area contributed by atoms with E-state index in [1.807, 2.05) is 12.1 Å². The Labute approximate surface area is 128 Å². The van der Waals surface area contributed by atoms with Crippen molar-refractivity contribution in [2.75, 3.05) is 26.7 Å². The van der Waals surface area contributed by atoms with Crippen molar-refractivity contribution in [3.8, 4) is 0 Å². The van der Waals surface area contributed by atoms with Crippen molar-refractivity contribution in [1.82, 2.24) is 9.80 Å². The van der Waals surface area contributed by atoms with Crippen molar-refractivity contribution in [3.05, 3.63) is 29.3 Å². The molecule has 21 heavy (non-hydrogen) atoms. The van der Waals surface area contributed by atoms with Gasteiger partial charge in [-0.05, 0) is 69.1 Å². The van der Waals surface area contributed by atoms with Crippen LogP contribution in [0.5, 0.6) is 0 Å². The van der Waals surface area contributed by atoms with Crippen LogP contribution < -0.4 is 0 Å². The molecule has 3 rings (SSSR count). The Balaban J connectivity index is 1.62. The van der Waals surface area contributed by atoms with Gasteiger partial charge < -0.3 is 4.90 Å². The largest absolute Gasteiger partial charge is 0.303 e. The third kappa shape index (κ3) is 3.47. The summed E-state index contributed by atoms with van der Waals surface area (Å²) in [6, 6.07) is 6.30. The molecule has 1 aromatic carbocycles. The molecule has 0 amide bonds. The van der Waals surface area contributed by atoms with E-state index in [4.69, 9.17) is 0 Å². The highest BCUT2D eigenvalue weighted by Crippen LogP contribution is 2.23. The third-order valence-electron chi connectivity index (χ3n) is 4.94. The number of hydrogen-bond donors (Lipinski definition) is 1.